The van der Waals surface area contributed by atoms with Crippen molar-refractivity contribution in [3.63, 3.8) is 0 Å². The number of anilines is 1. The average molecular weight is 393 g/mol. The van der Waals surface area contributed by atoms with Crippen LogP contribution in [0.25, 0.3) is 11.3 Å². The van der Waals surface area contributed by atoms with E-state index in [1.54, 1.807) is 19.2 Å². The molecule has 3 nitrogen and oxygen atoms in total. The summed E-state index contributed by atoms with van der Waals surface area (Å²) in [6.45, 7) is 0. The molecular formula is C13H11F3IN3. The zero-order valence-corrected chi connectivity index (χ0v) is 12.7. The summed E-state index contributed by atoms with van der Waals surface area (Å²) in [7, 11) is 1.62. The Labute approximate surface area is 127 Å². The number of nitrogens with zero attached hydrogens (tertiary/aromatic N) is 2. The van der Waals surface area contributed by atoms with Crippen molar-refractivity contribution in [3.8, 4) is 11.3 Å². The number of hydrogen-bond donors (Lipinski definition) is 1. The molecule has 0 aliphatic carbocycles. The summed E-state index contributed by atoms with van der Waals surface area (Å²) in [5.74, 6) is 0.167. The molecule has 0 amide bonds. The van der Waals surface area contributed by atoms with E-state index in [0.29, 0.717) is 15.1 Å². The van der Waals surface area contributed by atoms with Crippen LogP contribution in [0.3, 0.4) is 0 Å². The highest BCUT2D eigenvalue weighted by molar-refractivity contribution is 14.1. The third-order valence-corrected chi connectivity index (χ3v) is 3.56. The van der Waals surface area contributed by atoms with Crippen molar-refractivity contribution in [2.45, 2.75) is 12.6 Å². The van der Waals surface area contributed by atoms with Gasteiger partial charge in [0.25, 0.3) is 0 Å². The second kappa shape index (κ2) is 5.94. The van der Waals surface area contributed by atoms with Gasteiger partial charge in [-0.05, 0) is 22.6 Å². The number of benzene rings is 1. The molecule has 20 heavy (non-hydrogen) atoms. The van der Waals surface area contributed by atoms with Crippen LogP contribution in [0.15, 0.2) is 30.3 Å². The summed E-state index contributed by atoms with van der Waals surface area (Å²) >= 11 is 2.03. The standard InChI is InChI=1S/C13H11F3IN3/c1-18-12-10(17)11(8-5-3-2-4-6-8)19-9(20-12)7-13(14,15)16/h2-6H,7H2,1H3,(H,18,19,20). The van der Waals surface area contributed by atoms with Crippen LogP contribution in [0.1, 0.15) is 5.82 Å². The van der Waals surface area contributed by atoms with Crippen LogP contribution >= 0.6 is 22.6 Å². The monoisotopic (exact) mass is 393 g/mol. The molecule has 0 unspecified atom stereocenters. The highest BCUT2D eigenvalue weighted by Gasteiger charge is 2.30. The summed E-state index contributed by atoms with van der Waals surface area (Å²) in [4.78, 5) is 7.97. The zero-order valence-electron chi connectivity index (χ0n) is 10.5. The Morgan fingerprint density at radius 1 is 1.15 bits per heavy atom. The van der Waals surface area contributed by atoms with E-state index in [9.17, 15) is 13.2 Å². The Morgan fingerprint density at radius 3 is 2.35 bits per heavy atom. The maximum atomic E-state index is 12.5. The molecule has 1 aromatic carbocycles. The maximum Gasteiger partial charge on any atom is 0.396 e. The van der Waals surface area contributed by atoms with E-state index in [0.717, 1.165) is 5.56 Å². The van der Waals surface area contributed by atoms with Gasteiger partial charge in [0.1, 0.15) is 18.1 Å². The average Bonchev–Trinajstić information content (AvgIpc) is 2.40. The lowest BCUT2D eigenvalue weighted by Crippen LogP contribution is -2.16. The summed E-state index contributed by atoms with van der Waals surface area (Å²) in [5.41, 5.74) is 1.27. The minimum absolute atomic E-state index is 0.235. The third kappa shape index (κ3) is 3.59. The van der Waals surface area contributed by atoms with E-state index in [1.807, 2.05) is 40.8 Å². The van der Waals surface area contributed by atoms with E-state index < -0.39 is 12.6 Å². The van der Waals surface area contributed by atoms with Gasteiger partial charge >= 0.3 is 6.18 Å². The molecule has 0 fully saturated rings. The van der Waals surface area contributed by atoms with Crippen LogP contribution in [0, 0.1) is 3.57 Å². The molecule has 0 atom stereocenters. The largest absolute Gasteiger partial charge is 0.396 e. The third-order valence-electron chi connectivity index (χ3n) is 2.54. The van der Waals surface area contributed by atoms with Gasteiger partial charge in [0.2, 0.25) is 0 Å². The van der Waals surface area contributed by atoms with Crippen LogP contribution in [0.2, 0.25) is 0 Å². The van der Waals surface area contributed by atoms with Crippen molar-refractivity contribution in [3.05, 3.63) is 39.7 Å². The van der Waals surface area contributed by atoms with Crippen molar-refractivity contribution in [1.29, 1.82) is 0 Å². The van der Waals surface area contributed by atoms with E-state index in [2.05, 4.69) is 15.3 Å². The molecule has 0 spiro atoms. The zero-order chi connectivity index (χ0) is 14.8. The maximum absolute atomic E-state index is 12.5. The molecule has 2 aromatic rings. The number of aromatic nitrogens is 2. The van der Waals surface area contributed by atoms with E-state index in [-0.39, 0.29) is 5.82 Å². The van der Waals surface area contributed by atoms with Gasteiger partial charge in [0.15, 0.2) is 0 Å². The first-order valence-electron chi connectivity index (χ1n) is 5.77. The number of hydrogen-bond acceptors (Lipinski definition) is 3. The highest BCUT2D eigenvalue weighted by atomic mass is 127. The van der Waals surface area contributed by atoms with Gasteiger partial charge in [-0.3, -0.25) is 0 Å². The number of rotatable bonds is 3. The van der Waals surface area contributed by atoms with Crippen molar-refractivity contribution in [2.24, 2.45) is 0 Å². The second-order valence-electron chi connectivity index (χ2n) is 4.06. The highest BCUT2D eigenvalue weighted by Crippen LogP contribution is 2.29. The summed E-state index contributed by atoms with van der Waals surface area (Å²) in [6, 6.07) is 9.09. The van der Waals surface area contributed by atoms with E-state index in [1.165, 1.54) is 0 Å². The molecule has 0 radical (unpaired) electrons. The predicted molar refractivity (Wildman–Crippen MR) is 79.5 cm³/mol. The predicted octanol–water partition coefficient (Wildman–Crippen LogP) is 3.89. The van der Waals surface area contributed by atoms with Gasteiger partial charge in [-0.1, -0.05) is 30.3 Å². The Kier molecular flexibility index (Phi) is 4.46. The smallest absolute Gasteiger partial charge is 0.372 e. The topological polar surface area (TPSA) is 37.8 Å². The summed E-state index contributed by atoms with van der Waals surface area (Å²) in [6.07, 6.45) is -5.47. The molecule has 7 heteroatoms. The molecule has 2 rings (SSSR count). The molecule has 0 aliphatic heterocycles. The van der Waals surface area contributed by atoms with E-state index >= 15 is 0 Å². The van der Waals surface area contributed by atoms with E-state index in [4.69, 9.17) is 0 Å². The molecule has 0 saturated heterocycles. The van der Waals surface area contributed by atoms with Crippen LogP contribution in [0.4, 0.5) is 19.0 Å². The molecule has 1 N–H and O–H groups in total. The molecule has 0 aliphatic rings. The van der Waals surface area contributed by atoms with Crippen molar-refractivity contribution in [2.75, 3.05) is 12.4 Å². The molecule has 0 saturated carbocycles. The fourth-order valence-electron chi connectivity index (χ4n) is 1.70. The Balaban J connectivity index is 2.53. The second-order valence-corrected chi connectivity index (χ2v) is 5.14. The normalized spacial score (nSPS) is 11.4. The lowest BCUT2D eigenvalue weighted by atomic mass is 10.1. The Hall–Kier alpha value is -1.38. The van der Waals surface area contributed by atoms with Gasteiger partial charge in [0.05, 0.1) is 9.26 Å². The summed E-state index contributed by atoms with van der Waals surface area (Å²) in [5, 5.41) is 2.81. The van der Waals surface area contributed by atoms with Crippen molar-refractivity contribution < 1.29 is 13.2 Å². The number of halogens is 4. The van der Waals surface area contributed by atoms with Crippen LogP contribution in [-0.4, -0.2) is 23.2 Å². The van der Waals surface area contributed by atoms with Gasteiger partial charge < -0.3 is 5.32 Å². The Morgan fingerprint density at radius 2 is 1.80 bits per heavy atom. The molecule has 0 bridgehead atoms. The van der Waals surface area contributed by atoms with Crippen molar-refractivity contribution >= 4 is 28.4 Å². The van der Waals surface area contributed by atoms with Gasteiger partial charge in [-0.25, -0.2) is 9.97 Å². The van der Waals surface area contributed by atoms with Crippen LogP contribution in [0.5, 0.6) is 0 Å². The van der Waals surface area contributed by atoms with Gasteiger partial charge in [-0.2, -0.15) is 13.2 Å². The quantitative estimate of drug-likeness (QED) is 0.805. The number of alkyl halides is 3. The first kappa shape index (κ1) is 15.0. The minimum atomic E-state index is -4.33. The fraction of sp³-hybridized carbons (Fsp3) is 0.231. The lowest BCUT2D eigenvalue weighted by molar-refractivity contribution is -0.128. The SMILES string of the molecule is CNc1nc(CC(F)(F)F)nc(-c2ccccc2)c1I. The molecular weight excluding hydrogens is 382 g/mol. The first-order chi connectivity index (χ1) is 9.40. The summed E-state index contributed by atoms with van der Waals surface area (Å²) < 4.78 is 38.2. The van der Waals surface area contributed by atoms with Crippen molar-refractivity contribution in [1.82, 2.24) is 9.97 Å². The first-order valence-corrected chi connectivity index (χ1v) is 6.85. The Bertz CT molecular complexity index is 600. The van der Waals surface area contributed by atoms with Gasteiger partial charge in [0, 0.05) is 12.6 Å². The van der Waals surface area contributed by atoms with Gasteiger partial charge in [-0.15, -0.1) is 0 Å². The molecule has 1 heterocycles. The van der Waals surface area contributed by atoms with Crippen LogP contribution in [-0.2, 0) is 6.42 Å². The molecule has 106 valence electrons. The minimum Gasteiger partial charge on any atom is -0.372 e. The number of nitrogens with one attached hydrogen (secondary N) is 1. The fourth-order valence-corrected chi connectivity index (χ4v) is 2.53. The van der Waals surface area contributed by atoms with Crippen LogP contribution < -0.4 is 5.32 Å². The lowest BCUT2D eigenvalue weighted by Gasteiger charge is -2.12. The molecule has 1 aromatic heterocycles.